The zero-order valence-electron chi connectivity index (χ0n) is 19.5. The van der Waals surface area contributed by atoms with Crippen LogP contribution < -0.4 is 15.7 Å². The molecule has 0 aromatic heterocycles. The van der Waals surface area contributed by atoms with Gasteiger partial charge in [-0.3, -0.25) is 10.1 Å². The number of rotatable bonds is 7. The molecule has 0 saturated carbocycles. The second kappa shape index (κ2) is 9.85. The van der Waals surface area contributed by atoms with Crippen LogP contribution in [-0.4, -0.2) is 43.3 Å². The third kappa shape index (κ3) is 4.82. The van der Waals surface area contributed by atoms with Gasteiger partial charge in [-0.05, 0) is 49.9 Å². The van der Waals surface area contributed by atoms with Crippen LogP contribution in [-0.2, 0) is 21.3 Å². The van der Waals surface area contributed by atoms with E-state index >= 15 is 0 Å². The van der Waals surface area contributed by atoms with Gasteiger partial charge in [0.25, 0.3) is 10.0 Å². The van der Waals surface area contributed by atoms with Crippen molar-refractivity contribution < 1.29 is 21.9 Å². The van der Waals surface area contributed by atoms with E-state index in [9.17, 15) is 17.2 Å². The zero-order chi connectivity index (χ0) is 26.0. The highest BCUT2D eigenvalue weighted by Crippen LogP contribution is 2.34. The second-order valence-electron chi connectivity index (χ2n) is 7.90. The van der Waals surface area contributed by atoms with E-state index in [1.807, 2.05) is 10.6 Å². The number of hydrogen-bond donors (Lipinski definition) is 3. The lowest BCUT2D eigenvalue weighted by Crippen LogP contribution is -2.26. The fraction of sp³-hybridized carbons (Fsp3) is 0.217. The Morgan fingerprint density at radius 2 is 2.14 bits per heavy atom. The first kappa shape index (κ1) is 25.0. The number of hydrogen-bond acceptors (Lipinski definition) is 8. The van der Waals surface area contributed by atoms with Crippen molar-refractivity contribution in [3.05, 3.63) is 70.9 Å². The molecule has 4 rings (SSSR count). The van der Waals surface area contributed by atoms with Gasteiger partial charge in [-0.1, -0.05) is 0 Å². The molecule has 36 heavy (non-hydrogen) atoms. The van der Waals surface area contributed by atoms with E-state index in [0.717, 1.165) is 24.4 Å². The molecule has 13 heteroatoms. The molecule has 3 heterocycles. The van der Waals surface area contributed by atoms with Crippen molar-refractivity contribution in [2.75, 3.05) is 19.0 Å². The molecule has 0 spiro atoms. The van der Waals surface area contributed by atoms with Gasteiger partial charge < -0.3 is 14.6 Å². The standard InChI is InChI=1S/C23H23F2N7O3S/c1-13(16-10-14-12-29-23(26)30-20(14)32-8-4-7-28-21(16)32)9-18(22(27-2)35-3)31-36(33,34)19-6-5-15(24)11-17(19)25/h5-6,9-12,26,28,31H,2,4,7-8H2,1,3H3/b13-9+,22-18-,26-23?. The lowest BCUT2D eigenvalue weighted by Gasteiger charge is -2.27. The summed E-state index contributed by atoms with van der Waals surface area (Å²) in [6.07, 6.45) is 3.87. The number of benzene rings is 1. The van der Waals surface area contributed by atoms with Crippen LogP contribution in [0.4, 0.5) is 14.6 Å². The summed E-state index contributed by atoms with van der Waals surface area (Å²) in [5, 5.41) is 11.1. The van der Waals surface area contributed by atoms with E-state index in [4.69, 9.17) is 10.1 Å². The Morgan fingerprint density at radius 1 is 1.36 bits per heavy atom. The Balaban J connectivity index is 1.85. The molecule has 0 fully saturated rings. The van der Waals surface area contributed by atoms with Gasteiger partial charge in [0.15, 0.2) is 0 Å². The molecular formula is C23H23F2N7O3S. The summed E-state index contributed by atoms with van der Waals surface area (Å²) >= 11 is 0. The van der Waals surface area contributed by atoms with Crippen LogP contribution in [0.25, 0.3) is 17.0 Å². The van der Waals surface area contributed by atoms with Crippen molar-refractivity contribution in [3.8, 4) is 11.4 Å². The van der Waals surface area contributed by atoms with Crippen LogP contribution in [0.1, 0.15) is 18.9 Å². The summed E-state index contributed by atoms with van der Waals surface area (Å²) in [5.41, 5.74) is 1.79. The summed E-state index contributed by atoms with van der Waals surface area (Å²) in [5.74, 6) is -0.972. The first-order valence-electron chi connectivity index (χ1n) is 10.7. The summed E-state index contributed by atoms with van der Waals surface area (Å²) in [6, 6.07) is 3.98. The quantitative estimate of drug-likeness (QED) is 0.252. The molecule has 0 saturated heterocycles. The monoisotopic (exact) mass is 515 g/mol. The Morgan fingerprint density at radius 3 is 2.83 bits per heavy atom. The second-order valence-corrected chi connectivity index (χ2v) is 9.55. The average Bonchev–Trinajstić information content (AvgIpc) is 2.83. The van der Waals surface area contributed by atoms with Crippen LogP contribution in [0.5, 0.6) is 0 Å². The number of nitrogens with zero attached hydrogens (tertiary/aromatic N) is 4. The third-order valence-corrected chi connectivity index (χ3v) is 6.91. The van der Waals surface area contributed by atoms with Gasteiger partial charge in [-0.25, -0.2) is 27.2 Å². The molecular weight excluding hydrogens is 492 g/mol. The predicted molar refractivity (Wildman–Crippen MR) is 130 cm³/mol. The number of aliphatic imine (C=N–C) groups is 1. The topological polar surface area (TPSA) is 134 Å². The van der Waals surface area contributed by atoms with Crippen LogP contribution in [0.15, 0.2) is 58.0 Å². The first-order chi connectivity index (χ1) is 17.1. The highest BCUT2D eigenvalue weighted by atomic mass is 32.2. The number of sulfonamides is 1. The van der Waals surface area contributed by atoms with Crippen molar-refractivity contribution in [2.45, 2.75) is 24.8 Å². The predicted octanol–water partition coefficient (Wildman–Crippen LogP) is 2.85. The summed E-state index contributed by atoms with van der Waals surface area (Å²) in [4.78, 5) is 11.2. The molecule has 3 aliphatic heterocycles. The van der Waals surface area contributed by atoms with Crippen molar-refractivity contribution in [1.29, 1.82) is 5.41 Å². The van der Waals surface area contributed by atoms with Crippen molar-refractivity contribution in [3.63, 3.8) is 0 Å². The average molecular weight is 516 g/mol. The number of anilines is 1. The highest BCUT2D eigenvalue weighted by molar-refractivity contribution is 7.89. The molecule has 3 N–H and O–H groups in total. The van der Waals surface area contributed by atoms with Gasteiger partial charge in [-0.15, -0.1) is 0 Å². The highest BCUT2D eigenvalue weighted by Gasteiger charge is 2.24. The van der Waals surface area contributed by atoms with E-state index in [0.29, 0.717) is 41.7 Å². The third-order valence-electron chi connectivity index (χ3n) is 5.51. The molecule has 1 aromatic rings. The minimum absolute atomic E-state index is 0.0998. The Kier molecular flexibility index (Phi) is 6.84. The number of aromatic nitrogens is 3. The Hall–Kier alpha value is -4.13. The lowest BCUT2D eigenvalue weighted by atomic mass is 10.0. The lowest BCUT2D eigenvalue weighted by molar-refractivity contribution is 0.284. The van der Waals surface area contributed by atoms with Crippen LogP contribution >= 0.6 is 0 Å². The molecule has 0 unspecified atom stereocenters. The van der Waals surface area contributed by atoms with E-state index in [1.54, 1.807) is 13.1 Å². The number of allylic oxidation sites excluding steroid dienone is 2. The van der Waals surface area contributed by atoms with Crippen molar-refractivity contribution >= 4 is 28.1 Å². The van der Waals surface area contributed by atoms with E-state index in [-0.39, 0.29) is 17.2 Å². The molecule has 0 bridgehead atoms. The fourth-order valence-electron chi connectivity index (χ4n) is 3.91. The summed E-state index contributed by atoms with van der Waals surface area (Å²) in [6.45, 7) is 6.53. The molecule has 10 nitrogen and oxygen atoms in total. The van der Waals surface area contributed by atoms with Gasteiger partial charge in [0.2, 0.25) is 11.5 Å². The molecule has 0 atom stereocenters. The largest absolute Gasteiger partial charge is 0.480 e. The van der Waals surface area contributed by atoms with Crippen LogP contribution in [0, 0.1) is 17.0 Å². The van der Waals surface area contributed by atoms with E-state index in [1.165, 1.54) is 13.2 Å². The smallest absolute Gasteiger partial charge is 0.264 e. The molecule has 0 amide bonds. The Bertz CT molecular complexity index is 1550. The molecule has 3 aliphatic rings. The minimum Gasteiger partial charge on any atom is -0.480 e. The van der Waals surface area contributed by atoms with Crippen LogP contribution in [0.3, 0.4) is 0 Å². The fourth-order valence-corrected chi connectivity index (χ4v) is 5.02. The Labute approximate surface area is 206 Å². The number of fused-ring (bicyclic) bond motifs is 3. The maximum Gasteiger partial charge on any atom is 0.264 e. The number of halogens is 2. The summed E-state index contributed by atoms with van der Waals surface area (Å²) < 4.78 is 62.9. The zero-order valence-corrected chi connectivity index (χ0v) is 20.3. The van der Waals surface area contributed by atoms with Gasteiger partial charge in [0.05, 0.1) is 7.11 Å². The minimum atomic E-state index is -4.48. The SMILES string of the molecule is C=N/C(OC)=C(\C=C(/C)c1cc2cnc(=N)nc-2n2c1NCCC2)NS(=O)(=O)c1ccc(F)cc1F. The number of ether oxygens (including phenoxy) is 1. The maximum absolute atomic E-state index is 14.3. The van der Waals surface area contributed by atoms with Gasteiger partial charge >= 0.3 is 0 Å². The first-order valence-corrected chi connectivity index (χ1v) is 12.2. The number of pyridine rings is 1. The normalized spacial score (nSPS) is 14.5. The van der Waals surface area contributed by atoms with Crippen LogP contribution in [0.2, 0.25) is 0 Å². The van der Waals surface area contributed by atoms with E-state index in [2.05, 4.69) is 31.7 Å². The van der Waals surface area contributed by atoms with Crippen molar-refractivity contribution in [1.82, 2.24) is 19.3 Å². The van der Waals surface area contributed by atoms with Gasteiger partial charge in [-0.2, -0.15) is 4.98 Å². The van der Waals surface area contributed by atoms with Gasteiger partial charge in [0.1, 0.15) is 33.9 Å². The van der Waals surface area contributed by atoms with Crippen molar-refractivity contribution in [2.24, 2.45) is 4.99 Å². The molecule has 1 aromatic carbocycles. The molecule has 188 valence electrons. The summed E-state index contributed by atoms with van der Waals surface area (Å²) in [7, 11) is -3.20. The molecule has 0 aliphatic carbocycles. The number of nitrogens with one attached hydrogen (secondary N) is 3. The number of methoxy groups -OCH3 is 1. The molecule has 0 radical (unpaired) electrons. The van der Waals surface area contributed by atoms with E-state index < -0.39 is 26.6 Å². The maximum atomic E-state index is 14.3. The van der Waals surface area contributed by atoms with Gasteiger partial charge in [0, 0.05) is 36.5 Å².